The summed E-state index contributed by atoms with van der Waals surface area (Å²) in [6.07, 6.45) is 1.48. The van der Waals surface area contributed by atoms with Crippen molar-refractivity contribution in [3.05, 3.63) is 24.3 Å². The van der Waals surface area contributed by atoms with Crippen LogP contribution in [0.25, 0.3) is 0 Å². The van der Waals surface area contributed by atoms with Crippen molar-refractivity contribution < 1.29 is 19.1 Å². The third-order valence-electron chi connectivity index (χ3n) is 3.94. The summed E-state index contributed by atoms with van der Waals surface area (Å²) in [5.41, 5.74) is 0.753. The number of anilines is 1. The van der Waals surface area contributed by atoms with Gasteiger partial charge in [0.05, 0.1) is 26.2 Å². The Hall–Kier alpha value is -2.08. The second kappa shape index (κ2) is 8.53. The van der Waals surface area contributed by atoms with Gasteiger partial charge in [0.15, 0.2) is 0 Å². The number of ether oxygens (including phenoxy) is 2. The monoisotopic (exact) mass is 320 g/mol. The van der Waals surface area contributed by atoms with E-state index in [2.05, 4.69) is 10.2 Å². The van der Waals surface area contributed by atoms with Crippen LogP contribution in [0.4, 0.5) is 5.69 Å². The smallest absolute Gasteiger partial charge is 0.308 e. The van der Waals surface area contributed by atoms with Gasteiger partial charge >= 0.3 is 5.97 Å². The molecule has 6 nitrogen and oxygen atoms in total. The van der Waals surface area contributed by atoms with Crippen LogP contribution in [0.5, 0.6) is 5.75 Å². The van der Waals surface area contributed by atoms with E-state index in [1.165, 1.54) is 7.11 Å². The first-order chi connectivity index (χ1) is 11.1. The second-order valence-electron chi connectivity index (χ2n) is 5.58. The molecular weight excluding hydrogens is 296 g/mol. The minimum atomic E-state index is -0.150. The molecule has 0 spiro atoms. The molecule has 0 bridgehead atoms. The lowest BCUT2D eigenvalue weighted by atomic mass is 9.97. The minimum Gasteiger partial charge on any atom is -0.494 e. The van der Waals surface area contributed by atoms with Crippen LogP contribution in [0.15, 0.2) is 24.3 Å². The molecule has 23 heavy (non-hydrogen) atoms. The molecule has 0 saturated carbocycles. The highest BCUT2D eigenvalue weighted by molar-refractivity contribution is 5.92. The molecule has 2 rings (SSSR count). The molecule has 6 heteroatoms. The molecule has 1 aliphatic heterocycles. The summed E-state index contributed by atoms with van der Waals surface area (Å²) in [4.78, 5) is 25.6. The topological polar surface area (TPSA) is 67.9 Å². The standard InChI is InChI=1S/C17H24N2O4/c1-3-23-15-6-4-14(5-7-15)18-16(20)12-19-10-8-13(9-11-19)17(21)22-2/h4-7,13H,3,8-12H2,1-2H3,(H,18,20). The van der Waals surface area contributed by atoms with Gasteiger partial charge in [0, 0.05) is 5.69 Å². The number of carbonyl (C=O) groups excluding carboxylic acids is 2. The van der Waals surface area contributed by atoms with E-state index < -0.39 is 0 Å². The Labute approximate surface area is 136 Å². The van der Waals surface area contributed by atoms with E-state index in [0.29, 0.717) is 13.2 Å². The number of hydrogen-bond acceptors (Lipinski definition) is 5. The number of hydrogen-bond donors (Lipinski definition) is 1. The summed E-state index contributed by atoms with van der Waals surface area (Å²) in [5.74, 6) is 0.551. The number of nitrogens with zero attached hydrogens (tertiary/aromatic N) is 1. The van der Waals surface area contributed by atoms with Gasteiger partial charge in [0.2, 0.25) is 5.91 Å². The first-order valence-corrected chi connectivity index (χ1v) is 7.95. The van der Waals surface area contributed by atoms with Gasteiger partial charge in [-0.25, -0.2) is 0 Å². The van der Waals surface area contributed by atoms with E-state index in [0.717, 1.165) is 37.4 Å². The Kier molecular flexibility index (Phi) is 6.40. The zero-order valence-electron chi connectivity index (χ0n) is 13.7. The van der Waals surface area contributed by atoms with Gasteiger partial charge in [-0.05, 0) is 57.1 Å². The third kappa shape index (κ3) is 5.25. The van der Waals surface area contributed by atoms with Gasteiger partial charge in [-0.1, -0.05) is 0 Å². The van der Waals surface area contributed by atoms with Crippen molar-refractivity contribution in [2.24, 2.45) is 5.92 Å². The van der Waals surface area contributed by atoms with E-state index in [4.69, 9.17) is 9.47 Å². The predicted molar refractivity (Wildman–Crippen MR) is 87.4 cm³/mol. The average Bonchev–Trinajstić information content (AvgIpc) is 2.57. The van der Waals surface area contributed by atoms with Crippen molar-refractivity contribution in [1.29, 1.82) is 0 Å². The van der Waals surface area contributed by atoms with Crippen molar-refractivity contribution in [1.82, 2.24) is 4.90 Å². The Balaban J connectivity index is 1.76. The zero-order valence-corrected chi connectivity index (χ0v) is 13.7. The molecule has 0 aliphatic carbocycles. The highest BCUT2D eigenvalue weighted by atomic mass is 16.5. The lowest BCUT2D eigenvalue weighted by Gasteiger charge is -2.29. The van der Waals surface area contributed by atoms with Gasteiger partial charge in [0.1, 0.15) is 5.75 Å². The van der Waals surface area contributed by atoms with Crippen LogP contribution in [0.1, 0.15) is 19.8 Å². The first kappa shape index (κ1) is 17.3. The normalized spacial score (nSPS) is 15.9. The van der Waals surface area contributed by atoms with E-state index in [9.17, 15) is 9.59 Å². The summed E-state index contributed by atoms with van der Waals surface area (Å²) in [7, 11) is 1.42. The summed E-state index contributed by atoms with van der Waals surface area (Å²) in [6, 6.07) is 7.32. The van der Waals surface area contributed by atoms with E-state index in [-0.39, 0.29) is 17.8 Å². The maximum atomic E-state index is 12.1. The van der Waals surface area contributed by atoms with Crippen molar-refractivity contribution in [3.63, 3.8) is 0 Å². The number of amides is 1. The molecular formula is C17H24N2O4. The fourth-order valence-corrected chi connectivity index (χ4v) is 2.70. The number of esters is 1. The van der Waals surface area contributed by atoms with Crippen LogP contribution in [0.3, 0.4) is 0 Å². The zero-order chi connectivity index (χ0) is 16.7. The molecule has 0 radical (unpaired) electrons. The summed E-state index contributed by atoms with van der Waals surface area (Å²) < 4.78 is 10.1. The number of likely N-dealkylation sites (tertiary alicyclic amines) is 1. The fourth-order valence-electron chi connectivity index (χ4n) is 2.70. The summed E-state index contributed by atoms with van der Waals surface area (Å²) in [5, 5.41) is 2.88. The molecule has 1 heterocycles. The fraction of sp³-hybridized carbons (Fsp3) is 0.529. The maximum Gasteiger partial charge on any atom is 0.308 e. The van der Waals surface area contributed by atoms with E-state index >= 15 is 0 Å². The molecule has 0 aromatic heterocycles. The van der Waals surface area contributed by atoms with Crippen molar-refractivity contribution in [3.8, 4) is 5.75 Å². The SMILES string of the molecule is CCOc1ccc(NC(=O)CN2CCC(C(=O)OC)CC2)cc1. The Morgan fingerprint density at radius 2 is 1.87 bits per heavy atom. The summed E-state index contributed by atoms with van der Waals surface area (Å²) in [6.45, 7) is 4.35. The molecule has 0 atom stereocenters. The third-order valence-corrected chi connectivity index (χ3v) is 3.94. The van der Waals surface area contributed by atoms with Crippen LogP contribution < -0.4 is 10.1 Å². The highest BCUT2D eigenvalue weighted by Crippen LogP contribution is 2.19. The van der Waals surface area contributed by atoms with E-state index in [1.54, 1.807) is 0 Å². The largest absolute Gasteiger partial charge is 0.494 e. The van der Waals surface area contributed by atoms with Crippen LogP contribution in [0, 0.1) is 5.92 Å². The molecule has 126 valence electrons. The van der Waals surface area contributed by atoms with Crippen LogP contribution in [-0.2, 0) is 14.3 Å². The lowest BCUT2D eigenvalue weighted by Crippen LogP contribution is -2.41. The maximum absolute atomic E-state index is 12.1. The average molecular weight is 320 g/mol. The Morgan fingerprint density at radius 3 is 2.43 bits per heavy atom. The quantitative estimate of drug-likeness (QED) is 0.811. The number of piperidine rings is 1. The molecule has 1 aliphatic rings. The molecule has 1 aromatic carbocycles. The first-order valence-electron chi connectivity index (χ1n) is 7.95. The van der Waals surface area contributed by atoms with Gasteiger partial charge < -0.3 is 14.8 Å². The summed E-state index contributed by atoms with van der Waals surface area (Å²) >= 11 is 0. The lowest BCUT2D eigenvalue weighted by molar-refractivity contribution is -0.147. The Bertz CT molecular complexity index is 522. The molecule has 1 saturated heterocycles. The molecule has 0 unspecified atom stereocenters. The number of nitrogens with one attached hydrogen (secondary N) is 1. The number of rotatable bonds is 6. The number of benzene rings is 1. The highest BCUT2D eigenvalue weighted by Gasteiger charge is 2.26. The minimum absolute atomic E-state index is 0.0366. The van der Waals surface area contributed by atoms with Crippen molar-refractivity contribution in [2.45, 2.75) is 19.8 Å². The second-order valence-corrected chi connectivity index (χ2v) is 5.58. The molecule has 1 amide bonds. The van der Waals surface area contributed by atoms with Crippen LogP contribution >= 0.6 is 0 Å². The number of methoxy groups -OCH3 is 1. The molecule has 1 fully saturated rings. The van der Waals surface area contributed by atoms with Gasteiger partial charge in [0.25, 0.3) is 0 Å². The van der Waals surface area contributed by atoms with Crippen LogP contribution in [-0.4, -0.2) is 50.1 Å². The van der Waals surface area contributed by atoms with Crippen molar-refractivity contribution in [2.75, 3.05) is 38.7 Å². The number of carbonyl (C=O) groups is 2. The Morgan fingerprint density at radius 1 is 1.22 bits per heavy atom. The van der Waals surface area contributed by atoms with E-state index in [1.807, 2.05) is 31.2 Å². The van der Waals surface area contributed by atoms with Crippen molar-refractivity contribution >= 4 is 17.6 Å². The molecule has 1 aromatic rings. The van der Waals surface area contributed by atoms with Gasteiger partial charge in [-0.15, -0.1) is 0 Å². The molecule has 1 N–H and O–H groups in total. The van der Waals surface area contributed by atoms with Crippen LogP contribution in [0.2, 0.25) is 0 Å². The predicted octanol–water partition coefficient (Wildman–Crippen LogP) is 1.91. The van der Waals surface area contributed by atoms with Gasteiger partial charge in [-0.2, -0.15) is 0 Å². The van der Waals surface area contributed by atoms with Gasteiger partial charge in [-0.3, -0.25) is 14.5 Å².